The Kier molecular flexibility index (Phi) is 4.57. The molecule has 0 saturated heterocycles. The summed E-state index contributed by atoms with van der Waals surface area (Å²) in [6, 6.07) is 8.64. The van der Waals surface area contributed by atoms with E-state index in [1.54, 1.807) is 25.2 Å². The van der Waals surface area contributed by atoms with Crippen molar-refractivity contribution >= 4 is 26.7 Å². The minimum absolute atomic E-state index is 0.278. The fourth-order valence-corrected chi connectivity index (χ4v) is 2.99. The number of anilines is 1. The van der Waals surface area contributed by atoms with E-state index in [0.717, 1.165) is 29.6 Å². The van der Waals surface area contributed by atoms with Gasteiger partial charge in [-0.15, -0.1) is 0 Å². The first-order chi connectivity index (χ1) is 9.56. The van der Waals surface area contributed by atoms with Crippen molar-refractivity contribution in [2.75, 3.05) is 18.9 Å². The molecule has 0 aliphatic heterocycles. The molecule has 0 fully saturated rings. The number of hydrogen-bond donors (Lipinski definition) is 2. The van der Waals surface area contributed by atoms with E-state index in [4.69, 9.17) is 0 Å². The Morgan fingerprint density at radius 2 is 2.00 bits per heavy atom. The van der Waals surface area contributed by atoms with Gasteiger partial charge in [0.25, 0.3) is 0 Å². The number of hydrogen-bond acceptors (Lipinski definition) is 4. The van der Waals surface area contributed by atoms with Crippen molar-refractivity contribution in [3.63, 3.8) is 0 Å². The number of nitrogens with zero attached hydrogens (tertiary/aromatic N) is 1. The van der Waals surface area contributed by atoms with E-state index in [-0.39, 0.29) is 4.90 Å². The average molecular weight is 293 g/mol. The van der Waals surface area contributed by atoms with Gasteiger partial charge in [0.15, 0.2) is 0 Å². The maximum absolute atomic E-state index is 12.1. The van der Waals surface area contributed by atoms with Crippen LogP contribution in [0.5, 0.6) is 0 Å². The predicted octanol–water partition coefficient (Wildman–Crippen LogP) is 2.35. The molecule has 108 valence electrons. The summed E-state index contributed by atoms with van der Waals surface area (Å²) in [5.74, 6) is 0.758. The summed E-state index contributed by atoms with van der Waals surface area (Å²) >= 11 is 0. The normalized spacial score (nSPS) is 11.7. The van der Waals surface area contributed by atoms with Crippen molar-refractivity contribution in [2.45, 2.75) is 24.7 Å². The number of pyridine rings is 1. The topological polar surface area (TPSA) is 71.1 Å². The Bertz CT molecular complexity index is 699. The summed E-state index contributed by atoms with van der Waals surface area (Å²) in [5, 5.41) is 3.76. The molecule has 0 radical (unpaired) electrons. The second-order valence-electron chi connectivity index (χ2n) is 4.55. The van der Waals surface area contributed by atoms with Crippen molar-refractivity contribution < 1.29 is 8.42 Å². The van der Waals surface area contributed by atoms with Gasteiger partial charge in [-0.3, -0.25) is 0 Å². The van der Waals surface area contributed by atoms with E-state index < -0.39 is 10.0 Å². The second kappa shape index (κ2) is 6.19. The Morgan fingerprint density at radius 1 is 1.20 bits per heavy atom. The van der Waals surface area contributed by atoms with Gasteiger partial charge in [-0.05, 0) is 36.8 Å². The molecule has 0 atom stereocenters. The zero-order chi connectivity index (χ0) is 14.6. The molecule has 5 nitrogen and oxygen atoms in total. The largest absolute Gasteiger partial charge is 0.373 e. The fraction of sp³-hybridized carbons (Fsp3) is 0.357. The lowest BCUT2D eigenvalue weighted by Gasteiger charge is -2.08. The quantitative estimate of drug-likeness (QED) is 0.802. The molecule has 6 heteroatoms. The summed E-state index contributed by atoms with van der Waals surface area (Å²) in [6.45, 7) is 2.49. The highest BCUT2D eigenvalue weighted by Crippen LogP contribution is 2.19. The molecule has 0 saturated carbocycles. The molecule has 0 aliphatic rings. The number of benzene rings is 1. The van der Waals surface area contributed by atoms with Gasteiger partial charge in [-0.1, -0.05) is 13.3 Å². The number of fused-ring (bicyclic) bond motifs is 1. The first kappa shape index (κ1) is 14.7. The van der Waals surface area contributed by atoms with Crippen LogP contribution < -0.4 is 10.0 Å². The van der Waals surface area contributed by atoms with Gasteiger partial charge in [-0.2, -0.15) is 0 Å². The third-order valence-corrected chi connectivity index (χ3v) is 4.51. The maximum Gasteiger partial charge on any atom is 0.240 e. The van der Waals surface area contributed by atoms with Gasteiger partial charge >= 0.3 is 0 Å². The van der Waals surface area contributed by atoms with Crippen LogP contribution in [0, 0.1) is 0 Å². The third-order valence-electron chi connectivity index (χ3n) is 3.05. The van der Waals surface area contributed by atoms with E-state index in [0.29, 0.717) is 6.54 Å². The standard InChI is InChI=1S/C14H19N3O2S/c1-3-4-9-16-20(18,19)12-6-7-13-11(10-12)5-8-14(15-2)17-13/h5-8,10,16H,3-4,9H2,1-2H3,(H,15,17). The van der Waals surface area contributed by atoms with Crippen molar-refractivity contribution in [2.24, 2.45) is 0 Å². The molecule has 0 bridgehead atoms. The van der Waals surface area contributed by atoms with Gasteiger partial charge in [0.2, 0.25) is 10.0 Å². The van der Waals surface area contributed by atoms with E-state index in [2.05, 4.69) is 15.0 Å². The molecule has 1 heterocycles. The molecular formula is C14H19N3O2S. The first-order valence-electron chi connectivity index (χ1n) is 6.65. The average Bonchev–Trinajstić information content (AvgIpc) is 2.46. The number of rotatable bonds is 6. The smallest absolute Gasteiger partial charge is 0.240 e. The summed E-state index contributed by atoms with van der Waals surface area (Å²) in [4.78, 5) is 4.64. The van der Waals surface area contributed by atoms with E-state index in [1.807, 2.05) is 19.1 Å². The SMILES string of the molecule is CCCCNS(=O)(=O)c1ccc2nc(NC)ccc2c1. The molecule has 0 unspecified atom stereocenters. The van der Waals surface area contributed by atoms with Gasteiger partial charge in [0.05, 0.1) is 10.4 Å². The van der Waals surface area contributed by atoms with Crippen LogP contribution in [-0.2, 0) is 10.0 Å². The lowest BCUT2D eigenvalue weighted by molar-refractivity contribution is 0.578. The van der Waals surface area contributed by atoms with E-state index in [1.165, 1.54) is 0 Å². The van der Waals surface area contributed by atoms with Crippen LogP contribution in [0.25, 0.3) is 10.9 Å². The summed E-state index contributed by atoms with van der Waals surface area (Å²) in [7, 11) is -1.64. The molecular weight excluding hydrogens is 274 g/mol. The molecule has 1 aromatic heterocycles. The molecule has 1 aromatic carbocycles. The molecule has 0 spiro atoms. The highest BCUT2D eigenvalue weighted by atomic mass is 32.2. The Labute approximate surface area is 119 Å². The van der Waals surface area contributed by atoms with E-state index >= 15 is 0 Å². The van der Waals surface area contributed by atoms with Crippen molar-refractivity contribution in [1.29, 1.82) is 0 Å². The van der Waals surface area contributed by atoms with Crippen LogP contribution in [0.4, 0.5) is 5.82 Å². The van der Waals surface area contributed by atoms with Crippen LogP contribution in [0.1, 0.15) is 19.8 Å². The van der Waals surface area contributed by atoms with Gasteiger partial charge in [-0.25, -0.2) is 18.1 Å². The summed E-state index contributed by atoms with van der Waals surface area (Å²) in [6.07, 6.45) is 1.79. The molecule has 0 amide bonds. The number of aromatic nitrogens is 1. The monoisotopic (exact) mass is 293 g/mol. The lowest BCUT2D eigenvalue weighted by Crippen LogP contribution is -2.24. The van der Waals surface area contributed by atoms with Crippen LogP contribution in [0.2, 0.25) is 0 Å². The molecule has 2 N–H and O–H groups in total. The zero-order valence-corrected chi connectivity index (χ0v) is 12.5. The highest BCUT2D eigenvalue weighted by molar-refractivity contribution is 7.89. The van der Waals surface area contributed by atoms with Crippen LogP contribution in [0.3, 0.4) is 0 Å². The third kappa shape index (κ3) is 3.26. The molecule has 0 aliphatic carbocycles. The van der Waals surface area contributed by atoms with Crippen molar-refractivity contribution in [3.8, 4) is 0 Å². The molecule has 2 aromatic rings. The fourth-order valence-electron chi connectivity index (χ4n) is 1.88. The summed E-state index contributed by atoms with van der Waals surface area (Å²) in [5.41, 5.74) is 0.768. The van der Waals surface area contributed by atoms with Gasteiger partial charge in [0.1, 0.15) is 5.82 Å². The summed E-state index contributed by atoms with van der Waals surface area (Å²) < 4.78 is 26.9. The maximum atomic E-state index is 12.1. The number of nitrogens with one attached hydrogen (secondary N) is 2. The van der Waals surface area contributed by atoms with Crippen LogP contribution in [0.15, 0.2) is 35.2 Å². The number of unbranched alkanes of at least 4 members (excludes halogenated alkanes) is 1. The van der Waals surface area contributed by atoms with Gasteiger partial charge < -0.3 is 5.32 Å². The lowest BCUT2D eigenvalue weighted by atomic mass is 10.2. The van der Waals surface area contributed by atoms with Crippen molar-refractivity contribution in [1.82, 2.24) is 9.71 Å². The first-order valence-corrected chi connectivity index (χ1v) is 8.13. The van der Waals surface area contributed by atoms with Gasteiger partial charge in [0, 0.05) is 19.0 Å². The van der Waals surface area contributed by atoms with Crippen molar-refractivity contribution in [3.05, 3.63) is 30.3 Å². The molecule has 20 heavy (non-hydrogen) atoms. The highest BCUT2D eigenvalue weighted by Gasteiger charge is 2.13. The van der Waals surface area contributed by atoms with Crippen LogP contribution in [-0.4, -0.2) is 27.0 Å². The Morgan fingerprint density at radius 3 is 2.70 bits per heavy atom. The number of sulfonamides is 1. The molecule has 2 rings (SSSR count). The Balaban J connectivity index is 2.31. The predicted molar refractivity (Wildman–Crippen MR) is 81.4 cm³/mol. The minimum Gasteiger partial charge on any atom is -0.373 e. The van der Waals surface area contributed by atoms with E-state index in [9.17, 15) is 8.42 Å². The minimum atomic E-state index is -3.43. The second-order valence-corrected chi connectivity index (χ2v) is 6.32. The Hall–Kier alpha value is -1.66. The zero-order valence-electron chi connectivity index (χ0n) is 11.7. The van der Waals surface area contributed by atoms with Crippen LogP contribution >= 0.6 is 0 Å².